The molecule has 4 saturated heterocycles. The van der Waals surface area contributed by atoms with Gasteiger partial charge in [-0.25, -0.2) is 0 Å². The number of fused-ring (bicyclic) bond motifs is 3. The molecule has 4 fully saturated rings. The van der Waals surface area contributed by atoms with E-state index in [0.29, 0.717) is 24.4 Å². The molecule has 4 aliphatic heterocycles. The fraction of sp³-hybridized carbons (Fsp3) is 0.552. The molecule has 0 radical (unpaired) electrons. The molecule has 0 aromatic heterocycles. The van der Waals surface area contributed by atoms with Crippen molar-refractivity contribution < 1.29 is 18.0 Å². The Balaban J connectivity index is 1.06. The van der Waals surface area contributed by atoms with E-state index in [9.17, 15) is 18.0 Å². The van der Waals surface area contributed by atoms with Crippen molar-refractivity contribution >= 4 is 5.91 Å². The fourth-order valence-electron chi connectivity index (χ4n) is 6.44. The highest BCUT2D eigenvalue weighted by Gasteiger charge is 2.40. The first kappa shape index (κ1) is 25.3. The highest BCUT2D eigenvalue weighted by Crippen LogP contribution is 2.37. The number of nitrogens with one attached hydrogen (secondary N) is 1. The van der Waals surface area contributed by atoms with Gasteiger partial charge < -0.3 is 10.2 Å². The number of rotatable bonds is 7. The summed E-state index contributed by atoms with van der Waals surface area (Å²) in [7, 11) is 0. The lowest BCUT2D eigenvalue weighted by atomic mass is 9.75. The van der Waals surface area contributed by atoms with E-state index in [1.54, 1.807) is 0 Å². The number of hydrogen-bond acceptors (Lipinski definition) is 3. The normalized spacial score (nSPS) is 27.2. The van der Waals surface area contributed by atoms with Gasteiger partial charge in [-0.2, -0.15) is 13.2 Å². The van der Waals surface area contributed by atoms with Crippen molar-refractivity contribution in [2.45, 2.75) is 44.3 Å². The number of carbonyl (C=O) groups excluding carboxylic acids is 1. The summed E-state index contributed by atoms with van der Waals surface area (Å²) in [4.78, 5) is 17.7. The van der Waals surface area contributed by atoms with Crippen LogP contribution in [-0.2, 0) is 12.6 Å². The third-order valence-electron chi connectivity index (χ3n) is 8.55. The monoisotopic (exact) mass is 499 g/mol. The summed E-state index contributed by atoms with van der Waals surface area (Å²) >= 11 is 0. The van der Waals surface area contributed by atoms with E-state index in [1.165, 1.54) is 63.0 Å². The lowest BCUT2D eigenvalue weighted by Gasteiger charge is -2.51. The maximum Gasteiger partial charge on any atom is 0.416 e. The van der Waals surface area contributed by atoms with Gasteiger partial charge in [-0.1, -0.05) is 30.3 Å². The van der Waals surface area contributed by atoms with Crippen molar-refractivity contribution in [3.8, 4) is 0 Å². The van der Waals surface area contributed by atoms with Crippen LogP contribution in [0.2, 0.25) is 0 Å². The number of carbonyl (C=O) groups is 1. The van der Waals surface area contributed by atoms with Crippen molar-refractivity contribution in [2.24, 2.45) is 17.8 Å². The third-order valence-corrected chi connectivity index (χ3v) is 8.55. The number of alkyl halides is 3. The quantitative estimate of drug-likeness (QED) is 0.576. The van der Waals surface area contributed by atoms with Crippen LogP contribution in [0.3, 0.4) is 0 Å². The average molecular weight is 500 g/mol. The van der Waals surface area contributed by atoms with Crippen LogP contribution in [0.1, 0.15) is 47.2 Å². The van der Waals surface area contributed by atoms with Gasteiger partial charge in [-0.3, -0.25) is 9.69 Å². The number of likely N-dealkylation sites (tertiary alicyclic amines) is 1. The predicted molar refractivity (Wildman–Crippen MR) is 135 cm³/mol. The first-order valence-electron chi connectivity index (χ1n) is 13.3. The Kier molecular flexibility index (Phi) is 7.68. The molecule has 1 amide bonds. The van der Waals surface area contributed by atoms with E-state index >= 15 is 0 Å². The maximum atomic E-state index is 12.8. The van der Waals surface area contributed by atoms with E-state index in [4.69, 9.17) is 0 Å². The summed E-state index contributed by atoms with van der Waals surface area (Å²) in [5.74, 6) is 1.85. The topological polar surface area (TPSA) is 35.6 Å². The molecule has 7 heteroatoms. The number of nitrogens with zero attached hydrogens (tertiary/aromatic N) is 2. The minimum Gasteiger partial charge on any atom is -0.350 e. The Bertz CT molecular complexity index is 1000. The van der Waals surface area contributed by atoms with Crippen LogP contribution >= 0.6 is 0 Å². The average Bonchev–Trinajstić information content (AvgIpc) is 2.89. The second-order valence-corrected chi connectivity index (χ2v) is 10.9. The van der Waals surface area contributed by atoms with E-state index in [1.807, 2.05) is 0 Å². The van der Waals surface area contributed by atoms with Crippen LogP contribution in [0.5, 0.6) is 0 Å². The molecule has 194 valence electrons. The first-order chi connectivity index (χ1) is 17.3. The number of halogens is 3. The number of hydrogen-bond donors (Lipinski definition) is 1. The van der Waals surface area contributed by atoms with Gasteiger partial charge in [0.2, 0.25) is 0 Å². The van der Waals surface area contributed by atoms with Crippen molar-refractivity contribution in [1.82, 2.24) is 15.1 Å². The number of benzene rings is 2. The molecule has 0 saturated carbocycles. The van der Waals surface area contributed by atoms with Crippen LogP contribution in [0, 0.1) is 17.8 Å². The largest absolute Gasteiger partial charge is 0.416 e. The van der Waals surface area contributed by atoms with E-state index in [0.717, 1.165) is 37.6 Å². The molecule has 6 rings (SSSR count). The van der Waals surface area contributed by atoms with Gasteiger partial charge >= 0.3 is 6.18 Å². The van der Waals surface area contributed by atoms with Crippen LogP contribution in [0.4, 0.5) is 13.2 Å². The Labute approximate surface area is 211 Å². The summed E-state index contributed by atoms with van der Waals surface area (Å²) in [6.07, 6.45) is 1.65. The molecule has 36 heavy (non-hydrogen) atoms. The molecule has 1 N–H and O–H groups in total. The molecule has 0 spiro atoms. The zero-order chi connectivity index (χ0) is 25.1. The fourth-order valence-corrected chi connectivity index (χ4v) is 6.44. The highest BCUT2D eigenvalue weighted by molar-refractivity contribution is 5.94. The molecule has 2 bridgehead atoms. The van der Waals surface area contributed by atoms with E-state index in [2.05, 4.69) is 45.4 Å². The number of piperidine rings is 4. The predicted octanol–water partition coefficient (Wildman–Crippen LogP) is 5.10. The minimum absolute atomic E-state index is 0.271. The lowest BCUT2D eigenvalue weighted by Crippen LogP contribution is -2.58. The van der Waals surface area contributed by atoms with Gasteiger partial charge in [0.25, 0.3) is 5.91 Å². The first-order valence-corrected chi connectivity index (χ1v) is 13.3. The summed E-state index contributed by atoms with van der Waals surface area (Å²) in [6, 6.07) is 15.6. The Morgan fingerprint density at radius 2 is 1.67 bits per heavy atom. The smallest absolute Gasteiger partial charge is 0.350 e. The minimum atomic E-state index is -4.39. The molecular weight excluding hydrogens is 463 g/mol. The molecular formula is C29H36F3N3O. The van der Waals surface area contributed by atoms with Gasteiger partial charge in [0, 0.05) is 31.2 Å². The van der Waals surface area contributed by atoms with Gasteiger partial charge in [0.05, 0.1) is 5.56 Å². The van der Waals surface area contributed by atoms with Crippen LogP contribution in [0.25, 0.3) is 0 Å². The zero-order valence-corrected chi connectivity index (χ0v) is 20.7. The van der Waals surface area contributed by atoms with Gasteiger partial charge in [-0.15, -0.1) is 0 Å². The Morgan fingerprint density at radius 1 is 0.944 bits per heavy atom. The van der Waals surface area contributed by atoms with Crippen molar-refractivity contribution in [3.63, 3.8) is 0 Å². The summed E-state index contributed by atoms with van der Waals surface area (Å²) in [5, 5.41) is 2.96. The summed E-state index contributed by atoms with van der Waals surface area (Å²) < 4.78 is 38.3. The highest BCUT2D eigenvalue weighted by atomic mass is 19.4. The molecule has 4 atom stereocenters. The van der Waals surface area contributed by atoms with Crippen molar-refractivity contribution in [3.05, 3.63) is 71.3 Å². The standard InChI is InChI=1S/C29H36F3N3O/c30-29(31,32)26-8-6-23(7-9-26)28(36)33-18-27-17-24-12-15-35(27)20-25(24)19-34-13-10-22(11-14-34)16-21-4-2-1-3-5-21/h1-9,22,24-25,27H,10-20H2,(H,33,36). The molecule has 4 nitrogen and oxygen atoms in total. The molecule has 0 aliphatic carbocycles. The molecule has 2 aromatic rings. The molecule has 4 unspecified atom stereocenters. The molecule has 4 aliphatic rings. The van der Waals surface area contributed by atoms with Crippen LogP contribution < -0.4 is 5.32 Å². The summed E-state index contributed by atoms with van der Waals surface area (Å²) in [5.41, 5.74) is 0.985. The molecule has 2 aromatic carbocycles. The van der Waals surface area contributed by atoms with E-state index < -0.39 is 11.7 Å². The number of amides is 1. The maximum absolute atomic E-state index is 12.8. The van der Waals surface area contributed by atoms with Crippen molar-refractivity contribution in [1.29, 1.82) is 0 Å². The van der Waals surface area contributed by atoms with Gasteiger partial charge in [0.15, 0.2) is 0 Å². The Morgan fingerprint density at radius 3 is 2.31 bits per heavy atom. The lowest BCUT2D eigenvalue weighted by molar-refractivity contribution is -0.137. The van der Waals surface area contributed by atoms with E-state index in [-0.39, 0.29) is 11.5 Å². The van der Waals surface area contributed by atoms with Gasteiger partial charge in [0.1, 0.15) is 0 Å². The SMILES string of the molecule is O=C(NCC1CC2CCN1CC2CN1CCC(Cc2ccccc2)CC1)c1ccc(C(F)(F)F)cc1. The molecule has 4 heterocycles. The second kappa shape index (κ2) is 10.9. The van der Waals surface area contributed by atoms with Crippen LogP contribution in [-0.4, -0.2) is 61.0 Å². The summed E-state index contributed by atoms with van der Waals surface area (Å²) in [6.45, 7) is 6.25. The van der Waals surface area contributed by atoms with Crippen LogP contribution in [0.15, 0.2) is 54.6 Å². The zero-order valence-electron chi connectivity index (χ0n) is 20.7. The van der Waals surface area contributed by atoms with Gasteiger partial charge in [-0.05, 0) is 99.3 Å². The van der Waals surface area contributed by atoms with Crippen molar-refractivity contribution in [2.75, 3.05) is 39.3 Å². The third kappa shape index (κ3) is 6.12. The Hall–Kier alpha value is -2.38. The second-order valence-electron chi connectivity index (χ2n) is 10.9.